The van der Waals surface area contributed by atoms with Crippen LogP contribution in [-0.4, -0.2) is 50.0 Å². The van der Waals surface area contributed by atoms with Crippen molar-refractivity contribution in [1.29, 1.82) is 0 Å². The first kappa shape index (κ1) is 22.4. The Morgan fingerprint density at radius 3 is 1.84 bits per heavy atom. The topological polar surface area (TPSA) is 41.9 Å². The van der Waals surface area contributed by atoms with E-state index in [9.17, 15) is 5.11 Å². The van der Waals surface area contributed by atoms with E-state index in [0.717, 1.165) is 36.4 Å². The predicted molar refractivity (Wildman–Crippen MR) is 129 cm³/mol. The Labute approximate surface area is 191 Å². The van der Waals surface area contributed by atoms with Gasteiger partial charge in [-0.15, -0.1) is 0 Å². The first-order valence-corrected chi connectivity index (χ1v) is 11.3. The summed E-state index contributed by atoms with van der Waals surface area (Å²) in [6.07, 6.45) is 2.02. The van der Waals surface area contributed by atoms with Crippen LogP contribution in [0.3, 0.4) is 0 Å². The van der Waals surface area contributed by atoms with Gasteiger partial charge < -0.3 is 19.5 Å². The van der Waals surface area contributed by atoms with Crippen LogP contribution in [0.5, 0.6) is 11.5 Å². The van der Waals surface area contributed by atoms with Crippen LogP contribution in [-0.2, 0) is 12.8 Å². The van der Waals surface area contributed by atoms with Crippen molar-refractivity contribution < 1.29 is 14.6 Å². The summed E-state index contributed by atoms with van der Waals surface area (Å²) < 4.78 is 10.9. The number of fused-ring (bicyclic) bond motifs is 1. The second kappa shape index (κ2) is 10.2. The highest BCUT2D eigenvalue weighted by Gasteiger charge is 2.31. The number of likely N-dealkylation sites (N-methyl/N-ethyl adjacent to an activating group) is 1. The van der Waals surface area contributed by atoms with Gasteiger partial charge in [0, 0.05) is 18.4 Å². The molecule has 2 atom stereocenters. The number of aliphatic hydroxyl groups excluding tert-OH is 1. The second-order valence-corrected chi connectivity index (χ2v) is 8.66. The normalized spacial score (nSPS) is 17.9. The van der Waals surface area contributed by atoms with Crippen molar-refractivity contribution in [3.05, 3.63) is 95.1 Å². The van der Waals surface area contributed by atoms with Gasteiger partial charge in [-0.05, 0) is 60.8 Å². The molecule has 0 heterocycles. The van der Waals surface area contributed by atoms with E-state index in [0.29, 0.717) is 12.3 Å². The minimum Gasteiger partial charge on any atom is -0.493 e. The molecule has 1 N–H and O–H groups in total. The maximum atomic E-state index is 11.0. The van der Waals surface area contributed by atoms with Crippen LogP contribution in [0.15, 0.2) is 72.8 Å². The second-order valence-electron chi connectivity index (χ2n) is 8.66. The molecule has 0 saturated heterocycles. The Hall–Kier alpha value is -2.82. The van der Waals surface area contributed by atoms with Crippen LogP contribution < -0.4 is 9.47 Å². The zero-order valence-corrected chi connectivity index (χ0v) is 19.2. The van der Waals surface area contributed by atoms with Gasteiger partial charge in [0.15, 0.2) is 11.5 Å². The van der Waals surface area contributed by atoms with Crippen molar-refractivity contribution in [3.63, 3.8) is 0 Å². The Kier molecular flexibility index (Phi) is 7.13. The molecule has 1 aliphatic rings. The van der Waals surface area contributed by atoms with Crippen LogP contribution in [0, 0.1) is 0 Å². The monoisotopic (exact) mass is 431 g/mol. The van der Waals surface area contributed by atoms with Gasteiger partial charge in [0.05, 0.1) is 20.3 Å². The highest BCUT2D eigenvalue weighted by atomic mass is 16.5. The molecule has 4 heteroatoms. The third-order valence-electron chi connectivity index (χ3n) is 6.75. The molecule has 4 rings (SSSR count). The molecule has 0 amide bonds. The van der Waals surface area contributed by atoms with Crippen molar-refractivity contribution in [2.75, 3.05) is 27.8 Å². The number of ether oxygens (including phenoxy) is 2. The summed E-state index contributed by atoms with van der Waals surface area (Å²) in [7, 11) is 5.45. The Morgan fingerprint density at radius 2 is 1.34 bits per heavy atom. The maximum absolute atomic E-state index is 11.0. The van der Waals surface area contributed by atoms with E-state index in [4.69, 9.17) is 9.47 Å². The van der Waals surface area contributed by atoms with Crippen molar-refractivity contribution >= 4 is 0 Å². The summed E-state index contributed by atoms with van der Waals surface area (Å²) >= 11 is 0. The minimum absolute atomic E-state index is 0.0767. The van der Waals surface area contributed by atoms with E-state index in [-0.39, 0.29) is 6.04 Å². The van der Waals surface area contributed by atoms with Crippen LogP contribution in [0.2, 0.25) is 0 Å². The molecule has 0 bridgehead atoms. The number of benzene rings is 3. The van der Waals surface area contributed by atoms with E-state index in [1.807, 2.05) is 6.07 Å². The lowest BCUT2D eigenvalue weighted by molar-refractivity contribution is 0.0553. The smallest absolute Gasteiger partial charge is 0.161 e. The molecule has 168 valence electrons. The average Bonchev–Trinajstić information content (AvgIpc) is 2.84. The lowest BCUT2D eigenvalue weighted by atomic mass is 9.84. The summed E-state index contributed by atoms with van der Waals surface area (Å²) in [5.74, 6) is 1.80. The summed E-state index contributed by atoms with van der Waals surface area (Å²) in [4.78, 5) is 2.32. The standard InChI is InChI=1S/C28H33NO3/c1-29(15-14-24(20-10-6-4-7-11-20)21-12-8-5-9-13-21)25-16-22-18-27(31-2)28(32-3)19-23(22)17-26(25)30/h4-13,18-19,24-26,30H,14-17H2,1-3H3/t25-,26-/m1/s1. The van der Waals surface area contributed by atoms with Crippen LogP contribution >= 0.6 is 0 Å². The van der Waals surface area contributed by atoms with Crippen LogP contribution in [0.4, 0.5) is 0 Å². The van der Waals surface area contributed by atoms with Gasteiger partial charge in [-0.25, -0.2) is 0 Å². The zero-order valence-electron chi connectivity index (χ0n) is 19.2. The van der Waals surface area contributed by atoms with E-state index in [1.165, 1.54) is 16.7 Å². The number of nitrogens with zero attached hydrogens (tertiary/aromatic N) is 1. The van der Waals surface area contributed by atoms with Crippen molar-refractivity contribution in [1.82, 2.24) is 4.90 Å². The molecule has 0 unspecified atom stereocenters. The van der Waals surface area contributed by atoms with Gasteiger partial charge in [0.1, 0.15) is 0 Å². The van der Waals surface area contributed by atoms with Crippen molar-refractivity contribution in [2.24, 2.45) is 0 Å². The Bertz CT molecular complexity index is 966. The molecular formula is C28H33NO3. The summed E-state index contributed by atoms with van der Waals surface area (Å²) in [5, 5.41) is 11.0. The molecule has 0 spiro atoms. The van der Waals surface area contributed by atoms with E-state index in [2.05, 4.69) is 78.7 Å². The fourth-order valence-electron chi connectivity index (χ4n) is 4.91. The van der Waals surface area contributed by atoms with E-state index in [1.54, 1.807) is 14.2 Å². The van der Waals surface area contributed by atoms with Gasteiger partial charge in [-0.2, -0.15) is 0 Å². The average molecular weight is 432 g/mol. The Balaban J connectivity index is 1.50. The molecule has 32 heavy (non-hydrogen) atoms. The van der Waals surface area contributed by atoms with Crippen molar-refractivity contribution in [2.45, 2.75) is 37.3 Å². The summed E-state index contributed by atoms with van der Waals surface area (Å²) in [5.41, 5.74) is 5.04. The number of rotatable bonds is 8. The number of aliphatic hydroxyl groups is 1. The fraction of sp³-hybridized carbons (Fsp3) is 0.357. The molecule has 0 aromatic heterocycles. The third kappa shape index (κ3) is 4.82. The maximum Gasteiger partial charge on any atom is 0.161 e. The lowest BCUT2D eigenvalue weighted by Gasteiger charge is -2.37. The van der Waals surface area contributed by atoms with Gasteiger partial charge in [0.25, 0.3) is 0 Å². The number of hydrogen-bond donors (Lipinski definition) is 1. The zero-order chi connectivity index (χ0) is 22.5. The van der Waals surface area contributed by atoms with Gasteiger partial charge in [-0.3, -0.25) is 0 Å². The molecule has 0 radical (unpaired) electrons. The van der Waals surface area contributed by atoms with Crippen LogP contribution in [0.1, 0.15) is 34.6 Å². The molecule has 4 nitrogen and oxygen atoms in total. The van der Waals surface area contributed by atoms with Crippen molar-refractivity contribution in [3.8, 4) is 11.5 Å². The molecule has 0 aliphatic heterocycles. The minimum atomic E-state index is -0.405. The number of hydrogen-bond acceptors (Lipinski definition) is 4. The highest BCUT2D eigenvalue weighted by Crippen LogP contribution is 2.35. The first-order chi connectivity index (χ1) is 15.6. The van der Waals surface area contributed by atoms with E-state index < -0.39 is 6.10 Å². The largest absolute Gasteiger partial charge is 0.493 e. The molecule has 1 aliphatic carbocycles. The van der Waals surface area contributed by atoms with Gasteiger partial charge >= 0.3 is 0 Å². The third-order valence-corrected chi connectivity index (χ3v) is 6.75. The van der Waals surface area contributed by atoms with Crippen LogP contribution in [0.25, 0.3) is 0 Å². The molecule has 3 aromatic carbocycles. The molecule has 0 saturated carbocycles. The first-order valence-electron chi connectivity index (χ1n) is 11.3. The van der Waals surface area contributed by atoms with Gasteiger partial charge in [-0.1, -0.05) is 60.7 Å². The summed E-state index contributed by atoms with van der Waals surface area (Å²) in [6, 6.07) is 25.6. The predicted octanol–water partition coefficient (Wildman–Crippen LogP) is 4.69. The molecule has 0 fully saturated rings. The van der Waals surface area contributed by atoms with Gasteiger partial charge in [0.2, 0.25) is 0 Å². The Morgan fingerprint density at radius 1 is 0.844 bits per heavy atom. The SMILES string of the molecule is COc1cc2c(cc1OC)C[C@@H](N(C)CCC(c1ccccc1)c1ccccc1)[C@H](O)C2. The van der Waals surface area contributed by atoms with E-state index >= 15 is 0 Å². The quantitative estimate of drug-likeness (QED) is 0.562. The number of methoxy groups -OCH3 is 2. The summed E-state index contributed by atoms with van der Waals surface area (Å²) in [6.45, 7) is 0.902. The fourth-order valence-corrected chi connectivity index (χ4v) is 4.91. The molecule has 3 aromatic rings. The highest BCUT2D eigenvalue weighted by molar-refractivity contribution is 5.49. The molecular weight excluding hydrogens is 398 g/mol. The lowest BCUT2D eigenvalue weighted by Crippen LogP contribution is -2.47.